The van der Waals surface area contributed by atoms with Gasteiger partial charge in [0.1, 0.15) is 0 Å². The lowest BCUT2D eigenvalue weighted by molar-refractivity contribution is 0.101. The van der Waals surface area contributed by atoms with Gasteiger partial charge in [-0.1, -0.05) is 0 Å². The molecule has 1 fully saturated rings. The summed E-state index contributed by atoms with van der Waals surface area (Å²) in [6.07, 6.45) is 6.10. The topological polar surface area (TPSA) is 70.1 Å². The molecule has 0 spiro atoms. The van der Waals surface area contributed by atoms with Crippen molar-refractivity contribution in [3.63, 3.8) is 0 Å². The monoisotopic (exact) mass is 223 g/mol. The predicted molar refractivity (Wildman–Crippen MR) is 61.1 cm³/mol. The van der Waals surface area contributed by atoms with Gasteiger partial charge in [0.05, 0.1) is 18.0 Å². The molecule has 5 heteroatoms. The molecule has 0 amide bonds. The third kappa shape index (κ3) is 2.82. The Balaban J connectivity index is 1.82. The smallest absolute Gasteiger partial charge is 0.268 e. The van der Waals surface area contributed by atoms with Crippen LogP contribution in [0.3, 0.4) is 0 Å². The Labute approximate surface area is 94.2 Å². The van der Waals surface area contributed by atoms with Crippen LogP contribution >= 0.6 is 0 Å². The highest BCUT2D eigenvalue weighted by molar-refractivity contribution is 5.31. The molecule has 2 heterocycles. The molecule has 0 radical (unpaired) electrons. The van der Waals surface area contributed by atoms with Crippen molar-refractivity contribution in [1.82, 2.24) is 9.78 Å². The van der Waals surface area contributed by atoms with Crippen LogP contribution in [0.4, 0.5) is 5.69 Å². The van der Waals surface area contributed by atoms with E-state index in [9.17, 15) is 4.79 Å². The second kappa shape index (κ2) is 5.12. The van der Waals surface area contributed by atoms with E-state index in [0.717, 1.165) is 32.3 Å². The maximum atomic E-state index is 11.5. The molecule has 0 aromatic carbocycles. The van der Waals surface area contributed by atoms with Gasteiger partial charge in [-0.3, -0.25) is 4.79 Å². The molecule has 1 aliphatic rings. The van der Waals surface area contributed by atoms with E-state index in [4.69, 9.17) is 10.5 Å². The number of nitrogen functional groups attached to an aromatic ring is 1. The molecular weight excluding hydrogens is 206 g/mol. The van der Waals surface area contributed by atoms with Gasteiger partial charge in [0.15, 0.2) is 0 Å². The molecule has 2 rings (SSSR count). The van der Waals surface area contributed by atoms with Crippen LogP contribution in [0.2, 0.25) is 0 Å². The average molecular weight is 223 g/mol. The second-order valence-corrected chi connectivity index (χ2v) is 4.13. The molecule has 0 saturated carbocycles. The highest BCUT2D eigenvalue weighted by Gasteiger charge is 2.14. The van der Waals surface area contributed by atoms with Gasteiger partial charge >= 0.3 is 0 Å². The number of rotatable bonds is 4. The molecule has 1 aromatic rings. The van der Waals surface area contributed by atoms with E-state index < -0.39 is 0 Å². The molecule has 1 saturated heterocycles. The molecule has 16 heavy (non-hydrogen) atoms. The van der Waals surface area contributed by atoms with Crippen molar-refractivity contribution in [2.75, 3.05) is 12.3 Å². The minimum atomic E-state index is -0.132. The lowest BCUT2D eigenvalue weighted by atomic mass is 10.1. The van der Waals surface area contributed by atoms with Gasteiger partial charge in [0.2, 0.25) is 0 Å². The Hall–Kier alpha value is -1.36. The SMILES string of the molecule is Nc1cnn(CCCC2CCCO2)c(=O)c1. The van der Waals surface area contributed by atoms with E-state index in [1.807, 2.05) is 0 Å². The third-order valence-electron chi connectivity index (χ3n) is 2.81. The summed E-state index contributed by atoms with van der Waals surface area (Å²) in [5.74, 6) is 0. The summed E-state index contributed by atoms with van der Waals surface area (Å²) < 4.78 is 6.96. The van der Waals surface area contributed by atoms with Crippen molar-refractivity contribution in [3.8, 4) is 0 Å². The first-order chi connectivity index (χ1) is 7.75. The van der Waals surface area contributed by atoms with Crippen LogP contribution in [0.15, 0.2) is 17.1 Å². The Morgan fingerprint density at radius 2 is 2.50 bits per heavy atom. The van der Waals surface area contributed by atoms with E-state index in [1.54, 1.807) is 0 Å². The van der Waals surface area contributed by atoms with Gasteiger partial charge in [-0.25, -0.2) is 4.68 Å². The zero-order valence-electron chi connectivity index (χ0n) is 9.26. The molecule has 1 unspecified atom stereocenters. The van der Waals surface area contributed by atoms with Crippen molar-refractivity contribution < 1.29 is 4.74 Å². The molecule has 1 aliphatic heterocycles. The van der Waals surface area contributed by atoms with Crippen LogP contribution in [0.1, 0.15) is 25.7 Å². The number of aryl methyl sites for hydroxylation is 1. The number of ether oxygens (including phenoxy) is 1. The summed E-state index contributed by atoms with van der Waals surface area (Å²) in [6.45, 7) is 1.52. The Kier molecular flexibility index (Phi) is 3.56. The van der Waals surface area contributed by atoms with Crippen LogP contribution in [-0.2, 0) is 11.3 Å². The van der Waals surface area contributed by atoms with Crippen molar-refractivity contribution in [3.05, 3.63) is 22.6 Å². The number of nitrogens with two attached hydrogens (primary N) is 1. The normalized spacial score (nSPS) is 20.1. The average Bonchev–Trinajstić information content (AvgIpc) is 2.74. The highest BCUT2D eigenvalue weighted by Crippen LogP contribution is 2.16. The molecular formula is C11H17N3O2. The minimum Gasteiger partial charge on any atom is -0.397 e. The zero-order chi connectivity index (χ0) is 11.4. The number of hydrogen-bond donors (Lipinski definition) is 1. The number of nitrogens with zero attached hydrogens (tertiary/aromatic N) is 2. The minimum absolute atomic E-state index is 0.132. The standard InChI is InChI=1S/C11H17N3O2/c12-9-7-11(15)14(13-8-9)5-1-3-10-4-2-6-16-10/h7-8,10H,1-6,12H2. The summed E-state index contributed by atoms with van der Waals surface area (Å²) in [4.78, 5) is 11.5. The first kappa shape index (κ1) is 11.1. The molecule has 2 N–H and O–H groups in total. The predicted octanol–water partition coefficient (Wildman–Crippen LogP) is 0.785. The first-order valence-electron chi connectivity index (χ1n) is 5.70. The molecule has 0 aliphatic carbocycles. The summed E-state index contributed by atoms with van der Waals surface area (Å²) in [6, 6.07) is 1.40. The van der Waals surface area contributed by atoms with Gasteiger partial charge in [0, 0.05) is 19.2 Å². The van der Waals surface area contributed by atoms with E-state index in [1.165, 1.54) is 16.9 Å². The van der Waals surface area contributed by atoms with Crippen LogP contribution in [0.25, 0.3) is 0 Å². The van der Waals surface area contributed by atoms with E-state index >= 15 is 0 Å². The lowest BCUT2D eigenvalue weighted by Crippen LogP contribution is -2.23. The molecule has 88 valence electrons. The van der Waals surface area contributed by atoms with Crippen LogP contribution in [-0.4, -0.2) is 22.5 Å². The fraction of sp³-hybridized carbons (Fsp3) is 0.636. The first-order valence-corrected chi connectivity index (χ1v) is 5.70. The Morgan fingerprint density at radius 3 is 3.19 bits per heavy atom. The van der Waals surface area contributed by atoms with Crippen LogP contribution in [0.5, 0.6) is 0 Å². The van der Waals surface area contributed by atoms with Crippen molar-refractivity contribution >= 4 is 5.69 Å². The molecule has 1 atom stereocenters. The van der Waals surface area contributed by atoms with Gasteiger partial charge in [-0.15, -0.1) is 0 Å². The number of anilines is 1. The molecule has 1 aromatic heterocycles. The lowest BCUT2D eigenvalue weighted by Gasteiger charge is -2.09. The number of hydrogen-bond acceptors (Lipinski definition) is 4. The molecule has 0 bridgehead atoms. The second-order valence-electron chi connectivity index (χ2n) is 4.13. The number of aromatic nitrogens is 2. The highest BCUT2D eigenvalue weighted by atomic mass is 16.5. The van der Waals surface area contributed by atoms with E-state index in [0.29, 0.717) is 18.3 Å². The van der Waals surface area contributed by atoms with Crippen LogP contribution < -0.4 is 11.3 Å². The summed E-state index contributed by atoms with van der Waals surface area (Å²) in [7, 11) is 0. The van der Waals surface area contributed by atoms with E-state index in [-0.39, 0.29) is 5.56 Å². The van der Waals surface area contributed by atoms with Crippen molar-refractivity contribution in [2.45, 2.75) is 38.3 Å². The fourth-order valence-corrected chi connectivity index (χ4v) is 1.96. The Bertz CT molecular complexity index is 396. The van der Waals surface area contributed by atoms with Gasteiger partial charge < -0.3 is 10.5 Å². The maximum Gasteiger partial charge on any atom is 0.268 e. The van der Waals surface area contributed by atoms with Crippen LogP contribution in [0, 0.1) is 0 Å². The third-order valence-corrected chi connectivity index (χ3v) is 2.81. The maximum absolute atomic E-state index is 11.5. The van der Waals surface area contributed by atoms with E-state index in [2.05, 4.69) is 5.10 Å². The van der Waals surface area contributed by atoms with Crippen molar-refractivity contribution in [2.24, 2.45) is 0 Å². The van der Waals surface area contributed by atoms with Crippen molar-refractivity contribution in [1.29, 1.82) is 0 Å². The zero-order valence-corrected chi connectivity index (χ0v) is 9.26. The largest absolute Gasteiger partial charge is 0.397 e. The van der Waals surface area contributed by atoms with Gasteiger partial charge in [-0.2, -0.15) is 5.10 Å². The molecule has 5 nitrogen and oxygen atoms in total. The fourth-order valence-electron chi connectivity index (χ4n) is 1.96. The van der Waals surface area contributed by atoms with Gasteiger partial charge in [0.25, 0.3) is 5.56 Å². The van der Waals surface area contributed by atoms with Gasteiger partial charge in [-0.05, 0) is 25.7 Å². The summed E-state index contributed by atoms with van der Waals surface area (Å²) in [5.41, 5.74) is 5.74. The summed E-state index contributed by atoms with van der Waals surface area (Å²) in [5, 5.41) is 3.98. The quantitative estimate of drug-likeness (QED) is 0.819. The summed E-state index contributed by atoms with van der Waals surface area (Å²) >= 11 is 0. The Morgan fingerprint density at radius 1 is 1.62 bits per heavy atom.